The third-order valence-electron chi connectivity index (χ3n) is 4.44. The van der Waals surface area contributed by atoms with Gasteiger partial charge in [-0.05, 0) is 18.2 Å². The number of oxime groups is 1. The molecule has 2 heterocycles. The molecule has 0 saturated carbocycles. The zero-order valence-corrected chi connectivity index (χ0v) is 15.0. The van der Waals surface area contributed by atoms with Gasteiger partial charge in [-0.25, -0.2) is 9.67 Å². The molecule has 0 spiro atoms. The first kappa shape index (κ1) is 17.3. The molecule has 1 N–H and O–H groups in total. The SMILES string of the molecule is COc1ccc2c(c1)CC(CC(C(=NO)C(C)(C)C)n1cncn1)O2. The summed E-state index contributed by atoms with van der Waals surface area (Å²) in [5, 5.41) is 17.5. The lowest BCUT2D eigenvalue weighted by molar-refractivity contribution is 0.200. The fourth-order valence-corrected chi connectivity index (χ4v) is 3.24. The largest absolute Gasteiger partial charge is 0.497 e. The van der Waals surface area contributed by atoms with Crippen molar-refractivity contribution in [3.63, 3.8) is 0 Å². The minimum Gasteiger partial charge on any atom is -0.497 e. The highest BCUT2D eigenvalue weighted by Gasteiger charge is 2.34. The number of aromatic nitrogens is 3. The van der Waals surface area contributed by atoms with Gasteiger partial charge in [-0.3, -0.25) is 0 Å². The van der Waals surface area contributed by atoms with Crippen molar-refractivity contribution in [3.05, 3.63) is 36.4 Å². The standard InChI is InChI=1S/C18H24N4O3/c1-18(2,3)17(21-23)15(22-11-19-10-20-22)9-14-8-12-7-13(24-4)5-6-16(12)25-14/h5-7,10-11,14-15,23H,8-9H2,1-4H3. The van der Waals surface area contributed by atoms with Crippen LogP contribution in [0.2, 0.25) is 0 Å². The fraction of sp³-hybridized carbons (Fsp3) is 0.500. The topological polar surface area (TPSA) is 81.8 Å². The molecule has 2 unspecified atom stereocenters. The molecule has 1 aliphatic rings. The predicted molar refractivity (Wildman–Crippen MR) is 93.5 cm³/mol. The average molecular weight is 344 g/mol. The first-order valence-electron chi connectivity index (χ1n) is 8.32. The van der Waals surface area contributed by atoms with E-state index in [-0.39, 0.29) is 17.6 Å². The van der Waals surface area contributed by atoms with E-state index >= 15 is 0 Å². The molecule has 0 fully saturated rings. The molecule has 0 aliphatic carbocycles. The van der Waals surface area contributed by atoms with Crippen molar-refractivity contribution in [1.29, 1.82) is 0 Å². The van der Waals surface area contributed by atoms with Gasteiger partial charge >= 0.3 is 0 Å². The number of rotatable bonds is 5. The first-order valence-corrected chi connectivity index (χ1v) is 8.32. The highest BCUT2D eigenvalue weighted by Crippen LogP contribution is 2.36. The third kappa shape index (κ3) is 3.60. The maximum Gasteiger partial charge on any atom is 0.137 e. The van der Waals surface area contributed by atoms with Crippen molar-refractivity contribution in [2.75, 3.05) is 7.11 Å². The maximum atomic E-state index is 9.62. The molecule has 7 nitrogen and oxygen atoms in total. The number of methoxy groups -OCH3 is 1. The van der Waals surface area contributed by atoms with Gasteiger partial charge in [0.15, 0.2) is 0 Å². The number of ether oxygens (including phenoxy) is 2. The van der Waals surface area contributed by atoms with Crippen LogP contribution >= 0.6 is 0 Å². The van der Waals surface area contributed by atoms with Crippen LogP contribution in [0.25, 0.3) is 0 Å². The van der Waals surface area contributed by atoms with E-state index in [1.807, 2.05) is 39.0 Å². The van der Waals surface area contributed by atoms with Crippen molar-refractivity contribution in [1.82, 2.24) is 14.8 Å². The average Bonchev–Trinajstić information content (AvgIpc) is 3.21. The monoisotopic (exact) mass is 344 g/mol. The summed E-state index contributed by atoms with van der Waals surface area (Å²) in [6.07, 6.45) is 4.51. The number of benzene rings is 1. The van der Waals surface area contributed by atoms with Crippen LogP contribution in [0, 0.1) is 5.41 Å². The van der Waals surface area contributed by atoms with Crippen LogP contribution in [0.5, 0.6) is 11.5 Å². The smallest absolute Gasteiger partial charge is 0.137 e. The fourth-order valence-electron chi connectivity index (χ4n) is 3.24. The van der Waals surface area contributed by atoms with Crippen molar-refractivity contribution >= 4 is 5.71 Å². The van der Waals surface area contributed by atoms with E-state index in [2.05, 4.69) is 15.2 Å². The summed E-state index contributed by atoms with van der Waals surface area (Å²) in [4.78, 5) is 4.04. The Morgan fingerprint density at radius 3 is 2.88 bits per heavy atom. The number of hydrogen-bond donors (Lipinski definition) is 1. The Kier molecular flexibility index (Phi) is 4.65. The van der Waals surface area contributed by atoms with Crippen LogP contribution in [0.15, 0.2) is 36.0 Å². The van der Waals surface area contributed by atoms with Crippen LogP contribution < -0.4 is 9.47 Å². The van der Waals surface area contributed by atoms with E-state index in [1.54, 1.807) is 18.1 Å². The molecule has 2 atom stereocenters. The molecule has 0 bridgehead atoms. The normalized spacial score (nSPS) is 18.6. The van der Waals surface area contributed by atoms with E-state index < -0.39 is 0 Å². The van der Waals surface area contributed by atoms with Gasteiger partial charge in [-0.1, -0.05) is 25.9 Å². The summed E-state index contributed by atoms with van der Waals surface area (Å²) >= 11 is 0. The molecule has 0 radical (unpaired) electrons. The minimum absolute atomic E-state index is 0.0320. The van der Waals surface area contributed by atoms with Crippen LogP contribution in [0.3, 0.4) is 0 Å². The van der Waals surface area contributed by atoms with Gasteiger partial charge in [0, 0.05) is 23.8 Å². The Hall–Kier alpha value is -2.57. The van der Waals surface area contributed by atoms with Gasteiger partial charge in [0.2, 0.25) is 0 Å². The lowest BCUT2D eigenvalue weighted by atomic mass is 9.83. The molecular formula is C18H24N4O3. The molecule has 134 valence electrons. The Morgan fingerprint density at radius 2 is 2.28 bits per heavy atom. The highest BCUT2D eigenvalue weighted by atomic mass is 16.5. The number of nitrogens with zero attached hydrogens (tertiary/aromatic N) is 4. The van der Waals surface area contributed by atoms with Gasteiger partial charge < -0.3 is 14.7 Å². The highest BCUT2D eigenvalue weighted by molar-refractivity contribution is 5.92. The summed E-state index contributed by atoms with van der Waals surface area (Å²) in [7, 11) is 1.66. The molecule has 25 heavy (non-hydrogen) atoms. The second-order valence-corrected chi connectivity index (χ2v) is 7.28. The summed E-state index contributed by atoms with van der Waals surface area (Å²) in [6.45, 7) is 6.04. The Bertz CT molecular complexity index is 750. The van der Waals surface area contributed by atoms with E-state index in [0.717, 1.165) is 23.5 Å². The summed E-state index contributed by atoms with van der Waals surface area (Å²) in [5.41, 5.74) is 1.47. The molecular weight excluding hydrogens is 320 g/mol. The van der Waals surface area contributed by atoms with E-state index in [9.17, 15) is 5.21 Å². The van der Waals surface area contributed by atoms with Crippen LogP contribution in [-0.2, 0) is 6.42 Å². The number of fused-ring (bicyclic) bond motifs is 1. The third-order valence-corrected chi connectivity index (χ3v) is 4.44. The van der Waals surface area contributed by atoms with Crippen LogP contribution in [0.1, 0.15) is 38.8 Å². The first-order chi connectivity index (χ1) is 11.9. The molecule has 7 heteroatoms. The van der Waals surface area contributed by atoms with Gasteiger partial charge in [0.25, 0.3) is 0 Å². The van der Waals surface area contributed by atoms with Crippen molar-refractivity contribution in [2.24, 2.45) is 10.6 Å². The van der Waals surface area contributed by atoms with E-state index in [1.165, 1.54) is 6.33 Å². The number of hydrogen-bond acceptors (Lipinski definition) is 6. The minimum atomic E-state index is -0.306. The maximum absolute atomic E-state index is 9.62. The molecule has 3 rings (SSSR count). The molecule has 2 aromatic rings. The summed E-state index contributed by atoms with van der Waals surface area (Å²) in [5.74, 6) is 1.70. The van der Waals surface area contributed by atoms with E-state index in [4.69, 9.17) is 9.47 Å². The molecule has 0 amide bonds. The second kappa shape index (κ2) is 6.74. The lowest BCUT2D eigenvalue weighted by Crippen LogP contribution is -2.34. The molecule has 0 saturated heterocycles. The van der Waals surface area contributed by atoms with Crippen molar-refractivity contribution < 1.29 is 14.7 Å². The van der Waals surface area contributed by atoms with Gasteiger partial charge in [0.1, 0.15) is 30.3 Å². The van der Waals surface area contributed by atoms with Gasteiger partial charge in [-0.2, -0.15) is 5.10 Å². The Labute approximate surface area is 147 Å². The predicted octanol–water partition coefficient (Wildman–Crippen LogP) is 3.10. The molecule has 1 aromatic carbocycles. The van der Waals surface area contributed by atoms with Crippen molar-refractivity contribution in [2.45, 2.75) is 45.8 Å². The van der Waals surface area contributed by atoms with Gasteiger partial charge in [0.05, 0.1) is 18.9 Å². The Morgan fingerprint density at radius 1 is 1.48 bits per heavy atom. The van der Waals surface area contributed by atoms with Crippen LogP contribution in [0.4, 0.5) is 0 Å². The zero-order chi connectivity index (χ0) is 18.0. The quantitative estimate of drug-likeness (QED) is 0.512. The summed E-state index contributed by atoms with van der Waals surface area (Å²) in [6, 6.07) is 5.61. The summed E-state index contributed by atoms with van der Waals surface area (Å²) < 4.78 is 13.1. The zero-order valence-electron chi connectivity index (χ0n) is 15.0. The van der Waals surface area contributed by atoms with E-state index in [0.29, 0.717) is 12.1 Å². The molecule has 1 aliphatic heterocycles. The second-order valence-electron chi connectivity index (χ2n) is 7.28. The lowest BCUT2D eigenvalue weighted by Gasteiger charge is -2.29. The molecule has 1 aromatic heterocycles. The van der Waals surface area contributed by atoms with Gasteiger partial charge in [-0.15, -0.1) is 0 Å². The van der Waals surface area contributed by atoms with Crippen LogP contribution in [-0.4, -0.2) is 38.9 Å². The van der Waals surface area contributed by atoms with Crippen molar-refractivity contribution in [3.8, 4) is 11.5 Å². The Balaban J connectivity index is 1.83.